The van der Waals surface area contributed by atoms with E-state index in [1.807, 2.05) is 24.3 Å². The van der Waals surface area contributed by atoms with Crippen molar-refractivity contribution >= 4 is 81.9 Å². The van der Waals surface area contributed by atoms with Gasteiger partial charge in [0.1, 0.15) is 95.6 Å². The zero-order valence-electron chi connectivity index (χ0n) is 55.1. The number of anilines is 1. The minimum atomic E-state index is -2.30. The summed E-state index contributed by atoms with van der Waals surface area (Å²) in [4.78, 5) is 101. The first-order valence-electron chi connectivity index (χ1n) is 32.5. The number of benzene rings is 7. The number of aromatic hydroxyl groups is 3. The largest absolute Gasteiger partial charge is 0.508 e. The van der Waals surface area contributed by atoms with Gasteiger partial charge in [-0.2, -0.15) is 0 Å². The Morgan fingerprint density at radius 1 is 0.638 bits per heavy atom. The van der Waals surface area contributed by atoms with Crippen molar-refractivity contribution in [2.75, 3.05) is 11.9 Å². The maximum Gasteiger partial charge on any atom is 0.330 e. The normalized spacial score (nSPS) is 28.4. The summed E-state index contributed by atoms with van der Waals surface area (Å²) in [5, 5.41) is 130. The van der Waals surface area contributed by atoms with E-state index in [0.717, 1.165) is 77.9 Å². The molecule has 17 atom stereocenters. The number of rotatable bonds is 11. The number of aliphatic hydroxyl groups is 6. The molecule has 2 saturated heterocycles. The van der Waals surface area contributed by atoms with Crippen LogP contribution in [0.25, 0.3) is 22.3 Å². The second-order valence-electron chi connectivity index (χ2n) is 25.9. The van der Waals surface area contributed by atoms with Crippen molar-refractivity contribution in [2.45, 2.75) is 130 Å². The Hall–Kier alpha value is -10.1. The van der Waals surface area contributed by atoms with Crippen LogP contribution in [0.15, 0.2) is 127 Å². The monoisotopic (exact) mass is 1510 g/mol. The molecule has 31 nitrogen and oxygen atoms in total. The molecular formula is C71H69Cl3N8O23. The predicted octanol–water partition coefficient (Wildman–Crippen LogP) is 3.79. The summed E-state index contributed by atoms with van der Waals surface area (Å²) in [5.41, 5.74) is 10.3. The summed E-state index contributed by atoms with van der Waals surface area (Å²) < 4.78 is 39.1. The van der Waals surface area contributed by atoms with Gasteiger partial charge in [0.15, 0.2) is 29.9 Å². The van der Waals surface area contributed by atoms with Gasteiger partial charge < -0.3 is 123 Å². The Kier molecular flexibility index (Phi) is 21.4. The Labute approximate surface area is 610 Å². The number of aliphatic hydroxyl groups excluding tert-OH is 6. The first-order chi connectivity index (χ1) is 49.9. The molecule has 17 unspecified atom stereocenters. The molecule has 0 saturated carbocycles. The Morgan fingerprint density at radius 3 is 1.84 bits per heavy atom. The van der Waals surface area contributed by atoms with Gasteiger partial charge in [-0.25, -0.2) is 4.79 Å². The number of carboxylic acid groups (broad SMARTS) is 1. The van der Waals surface area contributed by atoms with Gasteiger partial charge in [-0.3, -0.25) is 28.8 Å². The number of primary amides is 1. The van der Waals surface area contributed by atoms with Gasteiger partial charge in [0.25, 0.3) is 0 Å². The summed E-state index contributed by atoms with van der Waals surface area (Å²) in [6, 6.07) is 15.3. The maximum absolute atomic E-state index is 15.9. The summed E-state index contributed by atoms with van der Waals surface area (Å²) in [6.45, 7) is 2.29. The van der Waals surface area contributed by atoms with E-state index < -0.39 is 219 Å². The highest BCUT2D eigenvalue weighted by atomic mass is 35.5. The molecule has 14 rings (SSSR count). The van der Waals surface area contributed by atoms with E-state index in [1.165, 1.54) is 12.1 Å². The van der Waals surface area contributed by atoms with Crippen LogP contribution < -0.4 is 57.6 Å². The number of carboxylic acids is 1. The fourth-order valence-corrected chi connectivity index (χ4v) is 13.7. The van der Waals surface area contributed by atoms with Gasteiger partial charge in [0.2, 0.25) is 47.5 Å². The number of carbonyl (C=O) groups excluding carboxylic acids is 6. The summed E-state index contributed by atoms with van der Waals surface area (Å²) in [7, 11) is 0. The fourth-order valence-electron chi connectivity index (χ4n) is 13.1. The average Bonchev–Trinajstić information content (AvgIpc) is 0.769. The Balaban J connectivity index is 1.04. The zero-order valence-corrected chi connectivity index (χ0v) is 57.3. The van der Waals surface area contributed by atoms with Gasteiger partial charge in [-0.1, -0.05) is 77.3 Å². The Bertz CT molecular complexity index is 4580. The summed E-state index contributed by atoms with van der Waals surface area (Å²) in [6.07, 6.45) is -18.6. The smallest absolute Gasteiger partial charge is 0.330 e. The van der Waals surface area contributed by atoms with Gasteiger partial charge in [-0.15, -0.1) is 0 Å². The molecule has 0 aliphatic carbocycles. The lowest BCUT2D eigenvalue weighted by Crippen LogP contribution is -2.64. The van der Waals surface area contributed by atoms with E-state index in [-0.39, 0.29) is 39.6 Å². The highest BCUT2D eigenvalue weighted by Crippen LogP contribution is 2.50. The Morgan fingerprint density at radius 2 is 1.23 bits per heavy atom. The first-order valence-corrected chi connectivity index (χ1v) is 33.6. The van der Waals surface area contributed by atoms with E-state index >= 15 is 14.4 Å². The molecule has 20 N–H and O–H groups in total. The average molecular weight is 1510 g/mol. The number of nitrogens with two attached hydrogens (primary N) is 2. The molecule has 0 spiro atoms. The van der Waals surface area contributed by atoms with Crippen LogP contribution in [0.3, 0.4) is 0 Å². The van der Waals surface area contributed by atoms with Gasteiger partial charge in [-0.05, 0) is 126 Å². The molecule has 6 amide bonds. The number of carbonyl (C=O) groups is 7. The van der Waals surface area contributed by atoms with Crippen molar-refractivity contribution in [2.24, 2.45) is 11.5 Å². The molecule has 2 fully saturated rings. The molecule has 7 aromatic carbocycles. The van der Waals surface area contributed by atoms with Gasteiger partial charge >= 0.3 is 5.97 Å². The second-order valence-corrected chi connectivity index (χ2v) is 27.2. The van der Waals surface area contributed by atoms with Gasteiger partial charge in [0.05, 0.1) is 34.7 Å². The molecule has 11 bridgehead atoms. The summed E-state index contributed by atoms with van der Waals surface area (Å²) >= 11 is 20.2. The van der Waals surface area contributed by atoms with E-state index in [2.05, 4.69) is 31.9 Å². The molecule has 7 heterocycles. The predicted molar refractivity (Wildman–Crippen MR) is 369 cm³/mol. The molecule has 7 aliphatic heterocycles. The maximum atomic E-state index is 15.9. The zero-order chi connectivity index (χ0) is 75.4. The number of phenols is 3. The van der Waals surface area contributed by atoms with E-state index in [1.54, 1.807) is 38.1 Å². The lowest BCUT2D eigenvalue weighted by atomic mass is 9.84. The SMILES string of the molecule is CC1OC(OC2C(Oc3c4cc5cc3Oc3ccc(cc3Cl)C(O)C3NC(=O)C(NC(=O)C5NC(=O)C(CC(N)=O)NC(=O)C(N)C(O)c5ccc(c(Cl)c5)O4)c4ccc(O)c(c4)-c4c(O)cc(O)cc4C(C(=O)O)NC3=O)OC(CO)C(O)C2O)CC(C)(Nc2ccc(-c3ccc(Cl)cc3)cc2)C1O. The van der Waals surface area contributed by atoms with Crippen LogP contribution in [0.4, 0.5) is 5.69 Å². The number of hydrogen-bond acceptors (Lipinski definition) is 24. The molecule has 7 aliphatic rings. The molecule has 0 aromatic heterocycles. The van der Waals surface area contributed by atoms with E-state index in [9.17, 15) is 70.2 Å². The standard InChI is InChI=1S/C71H69Cl3N8O23/c1-27-63(92)71(2,82-35-12-5-29(6-13-35)28-3-10-34(72)11-4-28)25-50(100-27)104-62-60(91)59(90)48(26-83)103-70(62)105-61-46-20-33-21-47(61)102-45-16-9-32(19-40(45)74)58(89)56-68(97)80-55(69(98)99)38-22-36(84)23-43(86)51(38)37-17-30(7-14-42(37)85)53(66(95)81-56)79-67(96)54(33)78-64(93)41(24-49(75)87)77-65(94)52(76)57(88)31-8-15-44(101-46)39(73)18-31/h3-23,27,41,48,50,52-60,62-63,70,82-86,88-92H,24-26,76H2,1-2H3,(H2,75,87)(H,77,94)(H,78,93)(H,79,96)(H,80,97)(H,81,95)(H,98,99). The first kappa shape index (κ1) is 74.6. The van der Waals surface area contributed by atoms with Crippen LogP contribution in [0.5, 0.6) is 46.0 Å². The third-order valence-electron chi connectivity index (χ3n) is 18.6. The van der Waals surface area contributed by atoms with Crippen LogP contribution >= 0.6 is 34.8 Å². The number of phenolic OH excluding ortho intramolecular Hbond substituents is 3. The molecule has 0 radical (unpaired) electrons. The van der Waals surface area contributed by atoms with Crippen molar-refractivity contribution in [3.05, 3.63) is 170 Å². The quantitative estimate of drug-likeness (QED) is 0.0876. The van der Waals surface area contributed by atoms with Crippen LogP contribution in [-0.2, 0) is 47.8 Å². The van der Waals surface area contributed by atoms with Crippen molar-refractivity contribution in [3.8, 4) is 68.2 Å². The molecule has 105 heavy (non-hydrogen) atoms. The van der Waals surface area contributed by atoms with Crippen LogP contribution in [-0.4, -0.2) is 172 Å². The topological polar surface area (TPSA) is 501 Å². The molecule has 34 heteroatoms. The minimum absolute atomic E-state index is 0.100. The third kappa shape index (κ3) is 15.4. The van der Waals surface area contributed by atoms with E-state index in [0.29, 0.717) is 10.7 Å². The molecular weight excluding hydrogens is 1440 g/mol. The lowest BCUT2D eigenvalue weighted by Gasteiger charge is -2.48. The van der Waals surface area contributed by atoms with Crippen LogP contribution in [0.1, 0.15) is 84.8 Å². The van der Waals surface area contributed by atoms with Crippen molar-refractivity contribution in [1.29, 1.82) is 0 Å². The van der Waals surface area contributed by atoms with Crippen molar-refractivity contribution in [1.82, 2.24) is 26.6 Å². The number of aliphatic carboxylic acids is 1. The number of halogens is 3. The highest BCUT2D eigenvalue weighted by Gasteiger charge is 2.52. The number of ether oxygens (including phenoxy) is 6. The summed E-state index contributed by atoms with van der Waals surface area (Å²) in [5.74, 6) is -14.7. The number of nitrogens with one attached hydrogen (secondary N) is 6. The third-order valence-corrected chi connectivity index (χ3v) is 19.4. The van der Waals surface area contributed by atoms with Crippen LogP contribution in [0.2, 0.25) is 15.1 Å². The number of amides is 6. The highest BCUT2D eigenvalue weighted by molar-refractivity contribution is 6.32. The van der Waals surface area contributed by atoms with E-state index in [4.69, 9.17) is 74.7 Å². The molecule has 7 aromatic rings. The number of fused-ring (bicyclic) bond motifs is 15. The fraction of sp³-hybridized carbons (Fsp3) is 0.310. The number of hydrogen-bond donors (Lipinski definition) is 18. The lowest BCUT2D eigenvalue weighted by molar-refractivity contribution is -0.332. The van der Waals surface area contributed by atoms with Crippen molar-refractivity contribution < 1.29 is 113 Å². The van der Waals surface area contributed by atoms with Gasteiger partial charge in [0, 0.05) is 39.9 Å². The van der Waals surface area contributed by atoms with Crippen molar-refractivity contribution in [3.63, 3.8) is 0 Å². The minimum Gasteiger partial charge on any atom is -0.508 e. The second kappa shape index (κ2) is 30.2. The molecule has 552 valence electrons. The van der Waals surface area contributed by atoms with Crippen LogP contribution in [0, 0.1) is 0 Å².